The van der Waals surface area contributed by atoms with Crippen molar-refractivity contribution in [2.45, 2.75) is 26.3 Å². The van der Waals surface area contributed by atoms with Crippen molar-refractivity contribution in [3.63, 3.8) is 0 Å². The fourth-order valence-electron chi connectivity index (χ4n) is 3.89. The molecule has 2 aliphatic heterocycles. The highest BCUT2D eigenvalue weighted by Crippen LogP contribution is 2.24. The molecule has 0 radical (unpaired) electrons. The second-order valence-electron chi connectivity index (χ2n) is 7.35. The number of aliphatic imine (C=N–C) groups is 1. The lowest BCUT2D eigenvalue weighted by Crippen LogP contribution is -2.52. The summed E-state index contributed by atoms with van der Waals surface area (Å²) in [5.41, 5.74) is 1.31. The molecule has 0 spiro atoms. The van der Waals surface area contributed by atoms with E-state index in [4.69, 9.17) is 4.99 Å². The van der Waals surface area contributed by atoms with Gasteiger partial charge in [-0.05, 0) is 47.9 Å². The third-order valence-corrected chi connectivity index (χ3v) is 7.43. The van der Waals surface area contributed by atoms with Gasteiger partial charge in [-0.2, -0.15) is 0 Å². The number of nitrogens with zero attached hydrogens (tertiary/aromatic N) is 4. The van der Waals surface area contributed by atoms with E-state index in [1.54, 1.807) is 22.7 Å². The average Bonchev–Trinajstić information content (AvgIpc) is 3.44. The van der Waals surface area contributed by atoms with E-state index in [-0.39, 0.29) is 5.91 Å². The highest BCUT2D eigenvalue weighted by Gasteiger charge is 2.22. The maximum absolute atomic E-state index is 12.6. The van der Waals surface area contributed by atoms with Crippen LogP contribution in [0.5, 0.6) is 0 Å². The minimum absolute atomic E-state index is 0.212. The standard InChI is InChI=1S/C21H29N5OS2/c1-2-22-21(25-12-10-24(11-13-25)20-4-3-14-29-20)23-8-5-19(27)26-9-6-18-17(16-26)7-15-28-18/h3-4,7,14-15H,2,5-6,8-13,16H2,1H3,(H,22,23). The second-order valence-corrected chi connectivity index (χ2v) is 9.27. The van der Waals surface area contributed by atoms with Crippen LogP contribution in [-0.4, -0.2) is 67.5 Å². The van der Waals surface area contributed by atoms with E-state index in [9.17, 15) is 4.79 Å². The number of hydrogen-bond donors (Lipinski definition) is 1. The average molecular weight is 432 g/mol. The first kappa shape index (κ1) is 20.2. The summed E-state index contributed by atoms with van der Waals surface area (Å²) < 4.78 is 0. The number of carbonyl (C=O) groups is 1. The molecule has 1 amide bonds. The summed E-state index contributed by atoms with van der Waals surface area (Å²) in [6, 6.07) is 6.44. The lowest BCUT2D eigenvalue weighted by Gasteiger charge is -2.37. The van der Waals surface area contributed by atoms with Gasteiger partial charge in [-0.15, -0.1) is 22.7 Å². The van der Waals surface area contributed by atoms with Crippen LogP contribution in [0.1, 0.15) is 23.8 Å². The number of guanidine groups is 1. The monoisotopic (exact) mass is 431 g/mol. The number of nitrogens with one attached hydrogen (secondary N) is 1. The Kier molecular flexibility index (Phi) is 6.71. The van der Waals surface area contributed by atoms with Gasteiger partial charge in [0.25, 0.3) is 0 Å². The molecule has 29 heavy (non-hydrogen) atoms. The molecule has 156 valence electrons. The third-order valence-electron chi connectivity index (χ3n) is 5.48. The summed E-state index contributed by atoms with van der Waals surface area (Å²) >= 11 is 3.60. The fourth-order valence-corrected chi connectivity index (χ4v) is 5.57. The Balaban J connectivity index is 1.28. The lowest BCUT2D eigenvalue weighted by atomic mass is 10.1. The Morgan fingerprint density at radius 3 is 2.72 bits per heavy atom. The predicted molar refractivity (Wildman–Crippen MR) is 122 cm³/mol. The second kappa shape index (κ2) is 9.63. The quantitative estimate of drug-likeness (QED) is 0.584. The van der Waals surface area contributed by atoms with Crippen molar-refractivity contribution < 1.29 is 4.79 Å². The van der Waals surface area contributed by atoms with Crippen LogP contribution in [0.15, 0.2) is 34.0 Å². The Labute approximate surface area is 180 Å². The molecule has 4 rings (SSSR count). The number of fused-ring (bicyclic) bond motifs is 1. The highest BCUT2D eigenvalue weighted by atomic mass is 32.1. The summed E-state index contributed by atoms with van der Waals surface area (Å²) in [7, 11) is 0. The number of anilines is 1. The Morgan fingerprint density at radius 2 is 1.97 bits per heavy atom. The molecule has 2 aliphatic rings. The molecule has 0 aromatic carbocycles. The number of rotatable bonds is 5. The van der Waals surface area contributed by atoms with Gasteiger partial charge in [0.1, 0.15) is 0 Å². The van der Waals surface area contributed by atoms with Gasteiger partial charge in [0.05, 0.1) is 11.5 Å². The van der Waals surface area contributed by atoms with Crippen LogP contribution in [-0.2, 0) is 17.8 Å². The van der Waals surface area contributed by atoms with Crippen molar-refractivity contribution in [3.8, 4) is 0 Å². The predicted octanol–water partition coefficient (Wildman–Crippen LogP) is 2.87. The van der Waals surface area contributed by atoms with E-state index < -0.39 is 0 Å². The summed E-state index contributed by atoms with van der Waals surface area (Å²) in [5.74, 6) is 1.15. The lowest BCUT2D eigenvalue weighted by molar-refractivity contribution is -0.131. The zero-order valence-corrected chi connectivity index (χ0v) is 18.6. The summed E-state index contributed by atoms with van der Waals surface area (Å²) in [6.45, 7) is 8.96. The molecule has 1 N–H and O–H groups in total. The Bertz CT molecular complexity index is 824. The van der Waals surface area contributed by atoms with Crippen LogP contribution >= 0.6 is 22.7 Å². The van der Waals surface area contributed by atoms with Crippen LogP contribution in [0, 0.1) is 0 Å². The number of carbonyl (C=O) groups excluding carboxylic acids is 1. The molecule has 0 bridgehead atoms. The van der Waals surface area contributed by atoms with Gasteiger partial charge in [0.2, 0.25) is 5.91 Å². The first-order chi connectivity index (χ1) is 14.2. The minimum atomic E-state index is 0.212. The smallest absolute Gasteiger partial charge is 0.224 e. The fraction of sp³-hybridized carbons (Fsp3) is 0.524. The molecule has 2 aromatic heterocycles. The molecule has 0 atom stereocenters. The summed E-state index contributed by atoms with van der Waals surface area (Å²) in [5, 5.41) is 9.00. The zero-order valence-electron chi connectivity index (χ0n) is 17.0. The van der Waals surface area contributed by atoms with Crippen LogP contribution in [0.3, 0.4) is 0 Å². The van der Waals surface area contributed by atoms with E-state index in [0.29, 0.717) is 13.0 Å². The molecule has 6 nitrogen and oxygen atoms in total. The molecule has 0 unspecified atom stereocenters. The summed E-state index contributed by atoms with van der Waals surface area (Å²) in [6.07, 6.45) is 1.46. The summed E-state index contributed by atoms with van der Waals surface area (Å²) in [4.78, 5) is 25.6. The number of hydrogen-bond acceptors (Lipinski definition) is 5. The molecular weight excluding hydrogens is 402 g/mol. The Morgan fingerprint density at radius 1 is 1.10 bits per heavy atom. The molecule has 1 saturated heterocycles. The van der Waals surface area contributed by atoms with Crippen LogP contribution in [0.2, 0.25) is 0 Å². The van der Waals surface area contributed by atoms with Crippen LogP contribution in [0.4, 0.5) is 5.00 Å². The molecule has 0 aliphatic carbocycles. The maximum Gasteiger partial charge on any atom is 0.224 e. The van der Waals surface area contributed by atoms with Crippen LogP contribution in [0.25, 0.3) is 0 Å². The van der Waals surface area contributed by atoms with Crippen molar-refractivity contribution >= 4 is 39.5 Å². The molecule has 1 fully saturated rings. The molecule has 4 heterocycles. The molecule has 0 saturated carbocycles. The van der Waals surface area contributed by atoms with Crippen molar-refractivity contribution in [1.29, 1.82) is 0 Å². The molecule has 8 heteroatoms. The van der Waals surface area contributed by atoms with E-state index in [0.717, 1.165) is 58.2 Å². The third kappa shape index (κ3) is 4.93. The number of amides is 1. The zero-order chi connectivity index (χ0) is 20.1. The normalized spacial score (nSPS) is 17.4. The molecular formula is C21H29N5OS2. The van der Waals surface area contributed by atoms with E-state index in [2.05, 4.69) is 51.0 Å². The number of piperazine rings is 1. The van der Waals surface area contributed by atoms with Gasteiger partial charge in [-0.3, -0.25) is 9.79 Å². The van der Waals surface area contributed by atoms with Gasteiger partial charge in [-0.25, -0.2) is 0 Å². The van der Waals surface area contributed by atoms with E-state index in [1.807, 2.05) is 4.90 Å². The van der Waals surface area contributed by atoms with Gasteiger partial charge in [0.15, 0.2) is 5.96 Å². The topological polar surface area (TPSA) is 51.2 Å². The van der Waals surface area contributed by atoms with Gasteiger partial charge in [0, 0.05) is 57.1 Å². The van der Waals surface area contributed by atoms with Crippen molar-refractivity contribution in [3.05, 3.63) is 39.4 Å². The minimum Gasteiger partial charge on any atom is -0.360 e. The molecule has 2 aromatic rings. The van der Waals surface area contributed by atoms with Crippen molar-refractivity contribution in [2.24, 2.45) is 4.99 Å². The SMILES string of the molecule is CCNC(=NCCC(=O)N1CCc2sccc2C1)N1CCN(c2cccs2)CC1. The number of thiophene rings is 2. The van der Waals surface area contributed by atoms with Gasteiger partial charge >= 0.3 is 0 Å². The van der Waals surface area contributed by atoms with Crippen molar-refractivity contribution in [2.75, 3.05) is 50.7 Å². The van der Waals surface area contributed by atoms with Crippen molar-refractivity contribution in [1.82, 2.24) is 15.1 Å². The van der Waals surface area contributed by atoms with E-state index in [1.165, 1.54) is 15.4 Å². The van der Waals surface area contributed by atoms with E-state index >= 15 is 0 Å². The first-order valence-corrected chi connectivity index (χ1v) is 12.1. The van der Waals surface area contributed by atoms with Gasteiger partial charge in [-0.1, -0.05) is 0 Å². The maximum atomic E-state index is 12.6. The largest absolute Gasteiger partial charge is 0.360 e. The Hall–Kier alpha value is -2.06. The highest BCUT2D eigenvalue weighted by molar-refractivity contribution is 7.14. The van der Waals surface area contributed by atoms with Crippen LogP contribution < -0.4 is 10.2 Å². The van der Waals surface area contributed by atoms with Gasteiger partial charge < -0.3 is 20.0 Å². The first-order valence-electron chi connectivity index (χ1n) is 10.4.